The molecule has 0 aliphatic rings. The number of aromatic nitrogens is 3. The van der Waals surface area contributed by atoms with Gasteiger partial charge in [0.25, 0.3) is 5.69 Å². The number of sulfonamides is 1. The summed E-state index contributed by atoms with van der Waals surface area (Å²) in [5.41, 5.74) is -1.02. The molecule has 9 nitrogen and oxygen atoms in total. The fourth-order valence-electron chi connectivity index (χ4n) is 2.61. The smallest absolute Gasteiger partial charge is 0.284 e. The molecule has 0 atom stereocenters. The molecule has 12 heteroatoms. The topological polar surface area (TPSA) is 120 Å². The Kier molecular flexibility index (Phi) is 6.32. The number of nitrogens with zero attached hydrogens (tertiary/aromatic N) is 4. The number of nitrogens with one attached hydrogen (secondary N) is 1. The number of nitro groups is 1. The van der Waals surface area contributed by atoms with Gasteiger partial charge in [0.2, 0.25) is 10.0 Å². The van der Waals surface area contributed by atoms with E-state index in [4.69, 9.17) is 0 Å². The first-order chi connectivity index (χ1) is 14.0. The van der Waals surface area contributed by atoms with Crippen molar-refractivity contribution in [1.82, 2.24) is 19.5 Å². The van der Waals surface area contributed by atoms with E-state index in [2.05, 4.69) is 14.9 Å². The van der Waals surface area contributed by atoms with Gasteiger partial charge in [0.05, 0.1) is 14.7 Å². The molecule has 30 heavy (non-hydrogen) atoms. The van der Waals surface area contributed by atoms with Gasteiger partial charge in [-0.3, -0.25) is 10.1 Å². The van der Waals surface area contributed by atoms with Crippen molar-refractivity contribution in [3.05, 3.63) is 56.5 Å². The van der Waals surface area contributed by atoms with Crippen molar-refractivity contribution in [2.45, 2.75) is 47.7 Å². The van der Waals surface area contributed by atoms with Crippen molar-refractivity contribution in [1.29, 1.82) is 0 Å². The normalized spacial score (nSPS) is 12.3. The van der Waals surface area contributed by atoms with Gasteiger partial charge in [-0.1, -0.05) is 6.07 Å². The number of rotatable bonds is 7. The zero-order valence-electron chi connectivity index (χ0n) is 16.8. The molecule has 0 bridgehead atoms. The van der Waals surface area contributed by atoms with Crippen LogP contribution in [-0.2, 0) is 23.5 Å². The fraction of sp³-hybridized carbons (Fsp3) is 0.333. The Labute approximate surface area is 182 Å². The largest absolute Gasteiger partial charge is 0.309 e. The van der Waals surface area contributed by atoms with Gasteiger partial charge >= 0.3 is 0 Å². The predicted octanol–water partition coefficient (Wildman–Crippen LogP) is 3.60. The van der Waals surface area contributed by atoms with Gasteiger partial charge in [-0.15, -0.1) is 21.5 Å². The van der Waals surface area contributed by atoms with Crippen LogP contribution < -0.4 is 4.72 Å². The molecule has 0 aliphatic heterocycles. The van der Waals surface area contributed by atoms with Crippen molar-refractivity contribution < 1.29 is 13.3 Å². The van der Waals surface area contributed by atoms with E-state index < -0.39 is 20.5 Å². The van der Waals surface area contributed by atoms with Crippen LogP contribution in [0.1, 0.15) is 31.5 Å². The van der Waals surface area contributed by atoms with E-state index in [0.29, 0.717) is 11.6 Å². The minimum Gasteiger partial charge on any atom is -0.309 e. The highest BCUT2D eigenvalue weighted by atomic mass is 32.2. The zero-order chi connectivity index (χ0) is 22.1. The molecule has 1 aromatic carbocycles. The molecule has 0 aliphatic carbocycles. The van der Waals surface area contributed by atoms with E-state index in [9.17, 15) is 18.5 Å². The Morgan fingerprint density at radius 2 is 2.00 bits per heavy atom. The zero-order valence-corrected chi connectivity index (χ0v) is 19.3. The van der Waals surface area contributed by atoms with Crippen LogP contribution in [-0.4, -0.2) is 33.6 Å². The summed E-state index contributed by atoms with van der Waals surface area (Å²) in [5.74, 6) is 0.733. The highest BCUT2D eigenvalue weighted by Gasteiger charge is 2.26. The minimum atomic E-state index is -3.89. The molecule has 3 aromatic rings. The van der Waals surface area contributed by atoms with Crippen molar-refractivity contribution >= 4 is 38.8 Å². The molecule has 160 valence electrons. The van der Waals surface area contributed by atoms with Crippen LogP contribution in [0.15, 0.2) is 50.7 Å². The highest BCUT2D eigenvalue weighted by molar-refractivity contribution is 7.99. The summed E-state index contributed by atoms with van der Waals surface area (Å²) in [5, 5.41) is 22.4. The standard InChI is InChI=1S/C18H21N5O4S3/c1-18(2,3)21-30(26,27)13-7-8-15(14(11-13)23(24)25)29-17-20-19-16(22(17)4)10-12-6-5-9-28-12/h5-9,11,21H,10H2,1-4H3. The second kappa shape index (κ2) is 8.46. The van der Waals surface area contributed by atoms with Crippen molar-refractivity contribution in [2.24, 2.45) is 7.05 Å². The van der Waals surface area contributed by atoms with Gasteiger partial charge in [-0.05, 0) is 56.1 Å². The Morgan fingerprint density at radius 1 is 1.27 bits per heavy atom. The molecule has 0 amide bonds. The van der Waals surface area contributed by atoms with Crippen LogP contribution in [0.2, 0.25) is 0 Å². The summed E-state index contributed by atoms with van der Waals surface area (Å²) >= 11 is 2.68. The average molecular weight is 468 g/mol. The van der Waals surface area contributed by atoms with Gasteiger partial charge < -0.3 is 4.57 Å². The van der Waals surface area contributed by atoms with Gasteiger partial charge in [-0.25, -0.2) is 13.1 Å². The number of hydrogen-bond acceptors (Lipinski definition) is 8. The van der Waals surface area contributed by atoms with Gasteiger partial charge in [0, 0.05) is 30.0 Å². The molecular formula is C18H21N5O4S3. The minimum absolute atomic E-state index is 0.162. The summed E-state index contributed by atoms with van der Waals surface area (Å²) < 4.78 is 29.3. The predicted molar refractivity (Wildman–Crippen MR) is 115 cm³/mol. The molecule has 0 unspecified atom stereocenters. The third-order valence-corrected chi connectivity index (χ3v) is 7.65. The quantitative estimate of drug-likeness (QED) is 0.416. The van der Waals surface area contributed by atoms with Gasteiger partial charge in [0.1, 0.15) is 5.82 Å². The van der Waals surface area contributed by atoms with Gasteiger partial charge in [-0.2, -0.15) is 0 Å². The van der Waals surface area contributed by atoms with Crippen LogP contribution in [0.4, 0.5) is 5.69 Å². The number of hydrogen-bond donors (Lipinski definition) is 1. The van der Waals surface area contributed by atoms with E-state index in [1.807, 2.05) is 17.5 Å². The Balaban J connectivity index is 1.90. The van der Waals surface area contributed by atoms with Crippen LogP contribution in [0.25, 0.3) is 0 Å². The molecule has 0 saturated carbocycles. The van der Waals surface area contributed by atoms with Crippen LogP contribution in [0.5, 0.6) is 0 Å². The monoisotopic (exact) mass is 467 g/mol. The maximum absolute atomic E-state index is 12.5. The molecule has 2 heterocycles. The van der Waals surface area contributed by atoms with Crippen molar-refractivity contribution in [2.75, 3.05) is 0 Å². The van der Waals surface area contributed by atoms with E-state index in [1.54, 1.807) is 43.7 Å². The Morgan fingerprint density at radius 3 is 2.60 bits per heavy atom. The number of benzene rings is 1. The maximum Gasteiger partial charge on any atom is 0.284 e. The van der Waals surface area contributed by atoms with E-state index >= 15 is 0 Å². The number of thiophene rings is 1. The summed E-state index contributed by atoms with van der Waals surface area (Å²) in [6, 6.07) is 7.81. The highest BCUT2D eigenvalue weighted by Crippen LogP contribution is 2.35. The summed E-state index contributed by atoms with van der Waals surface area (Å²) in [6.45, 7) is 5.10. The summed E-state index contributed by atoms with van der Waals surface area (Å²) in [7, 11) is -2.10. The second-order valence-corrected chi connectivity index (χ2v) is 11.3. The summed E-state index contributed by atoms with van der Waals surface area (Å²) in [4.78, 5) is 12.3. The molecule has 0 fully saturated rings. The Hall–Kier alpha value is -2.28. The van der Waals surface area contributed by atoms with E-state index in [0.717, 1.165) is 28.5 Å². The molecule has 0 saturated heterocycles. The first kappa shape index (κ1) is 22.4. The first-order valence-electron chi connectivity index (χ1n) is 8.87. The lowest BCUT2D eigenvalue weighted by Crippen LogP contribution is -2.40. The third kappa shape index (κ3) is 5.25. The molecular weight excluding hydrogens is 446 g/mol. The van der Waals surface area contributed by atoms with Gasteiger partial charge in [0.15, 0.2) is 5.16 Å². The van der Waals surface area contributed by atoms with Crippen molar-refractivity contribution in [3.63, 3.8) is 0 Å². The second-order valence-electron chi connectivity index (χ2n) is 7.56. The van der Waals surface area contributed by atoms with Crippen LogP contribution in [0.3, 0.4) is 0 Å². The van der Waals surface area contributed by atoms with Crippen LogP contribution >= 0.6 is 23.1 Å². The molecule has 0 spiro atoms. The third-order valence-electron chi connectivity index (χ3n) is 3.92. The van der Waals surface area contributed by atoms with Crippen LogP contribution in [0, 0.1) is 10.1 Å². The van der Waals surface area contributed by atoms with E-state index in [-0.39, 0.29) is 15.5 Å². The lowest BCUT2D eigenvalue weighted by molar-refractivity contribution is -0.388. The lowest BCUT2D eigenvalue weighted by atomic mass is 10.1. The first-order valence-corrected chi connectivity index (χ1v) is 12.0. The lowest BCUT2D eigenvalue weighted by Gasteiger charge is -2.20. The fourth-order valence-corrected chi connectivity index (χ4v) is 5.64. The number of nitro benzene ring substituents is 1. The van der Waals surface area contributed by atoms with E-state index in [1.165, 1.54) is 12.1 Å². The average Bonchev–Trinajstić information content (AvgIpc) is 3.25. The van der Waals surface area contributed by atoms with Crippen molar-refractivity contribution in [3.8, 4) is 0 Å². The maximum atomic E-state index is 12.5. The summed E-state index contributed by atoms with van der Waals surface area (Å²) in [6.07, 6.45) is 0.611. The molecule has 0 radical (unpaired) electrons. The molecule has 2 aromatic heterocycles. The SMILES string of the molecule is Cn1c(Cc2cccs2)nnc1Sc1ccc(S(=O)(=O)NC(C)(C)C)cc1[N+](=O)[O-]. The molecule has 1 N–H and O–H groups in total. The Bertz CT molecular complexity index is 1170. The molecule has 3 rings (SSSR count).